The average molecular weight is 234 g/mol. The second kappa shape index (κ2) is 4.49. The number of benzene rings is 2. The molecule has 18 heavy (non-hydrogen) atoms. The summed E-state index contributed by atoms with van der Waals surface area (Å²) in [4.78, 5) is 4.43. The van der Waals surface area contributed by atoms with Gasteiger partial charge in [0.1, 0.15) is 5.82 Å². The van der Waals surface area contributed by atoms with Crippen molar-refractivity contribution in [2.45, 2.75) is 6.92 Å². The molecule has 0 unspecified atom stereocenters. The van der Waals surface area contributed by atoms with Gasteiger partial charge in [0, 0.05) is 11.3 Å². The van der Waals surface area contributed by atoms with Crippen molar-refractivity contribution in [2.75, 3.05) is 0 Å². The van der Waals surface area contributed by atoms with E-state index in [9.17, 15) is 0 Å². The van der Waals surface area contributed by atoms with Crippen LogP contribution in [-0.4, -0.2) is 9.55 Å². The van der Waals surface area contributed by atoms with Crippen LogP contribution in [0.2, 0.25) is 0 Å². The van der Waals surface area contributed by atoms with Gasteiger partial charge in [-0.3, -0.25) is 4.57 Å². The molecular weight excluding hydrogens is 220 g/mol. The van der Waals surface area contributed by atoms with Gasteiger partial charge in [0.15, 0.2) is 0 Å². The molecule has 0 aliphatic rings. The minimum absolute atomic E-state index is 1.00. The maximum Gasteiger partial charge on any atom is 0.110 e. The summed E-state index contributed by atoms with van der Waals surface area (Å²) in [6.07, 6.45) is 1.93. The van der Waals surface area contributed by atoms with Gasteiger partial charge in [0.2, 0.25) is 0 Å². The fourth-order valence-corrected chi connectivity index (χ4v) is 2.16. The number of imidazole rings is 1. The molecule has 2 heteroatoms. The van der Waals surface area contributed by atoms with Gasteiger partial charge in [-0.1, -0.05) is 48.5 Å². The number of aromatic nitrogens is 2. The van der Waals surface area contributed by atoms with Gasteiger partial charge in [-0.05, 0) is 19.1 Å². The minimum atomic E-state index is 1.00. The topological polar surface area (TPSA) is 17.8 Å². The van der Waals surface area contributed by atoms with E-state index in [-0.39, 0.29) is 0 Å². The zero-order chi connectivity index (χ0) is 12.4. The summed E-state index contributed by atoms with van der Waals surface area (Å²) in [6, 6.07) is 20.7. The molecule has 0 spiro atoms. The van der Waals surface area contributed by atoms with Gasteiger partial charge in [0.05, 0.1) is 11.9 Å². The summed E-state index contributed by atoms with van der Waals surface area (Å²) >= 11 is 0. The molecule has 0 N–H and O–H groups in total. The first-order valence-electron chi connectivity index (χ1n) is 6.01. The largest absolute Gasteiger partial charge is 0.297 e. The van der Waals surface area contributed by atoms with E-state index in [0.717, 1.165) is 17.2 Å². The van der Waals surface area contributed by atoms with Crippen LogP contribution in [0.15, 0.2) is 66.9 Å². The zero-order valence-electron chi connectivity index (χ0n) is 10.2. The van der Waals surface area contributed by atoms with E-state index < -0.39 is 0 Å². The van der Waals surface area contributed by atoms with Crippen LogP contribution >= 0.6 is 0 Å². The van der Waals surface area contributed by atoms with Gasteiger partial charge in [-0.15, -0.1) is 0 Å². The van der Waals surface area contributed by atoms with Crippen LogP contribution in [-0.2, 0) is 0 Å². The molecule has 0 radical (unpaired) electrons. The summed E-state index contributed by atoms with van der Waals surface area (Å²) in [5, 5.41) is 0. The molecule has 0 fully saturated rings. The lowest BCUT2D eigenvalue weighted by Crippen LogP contribution is -1.98. The fraction of sp³-hybridized carbons (Fsp3) is 0.0625. The summed E-state index contributed by atoms with van der Waals surface area (Å²) in [7, 11) is 0. The summed E-state index contributed by atoms with van der Waals surface area (Å²) in [6.45, 7) is 2.03. The van der Waals surface area contributed by atoms with E-state index >= 15 is 0 Å². The van der Waals surface area contributed by atoms with Crippen molar-refractivity contribution >= 4 is 0 Å². The van der Waals surface area contributed by atoms with Crippen LogP contribution in [0.5, 0.6) is 0 Å². The molecule has 0 aliphatic heterocycles. The Kier molecular flexibility index (Phi) is 2.69. The van der Waals surface area contributed by atoms with Crippen LogP contribution in [0.3, 0.4) is 0 Å². The highest BCUT2D eigenvalue weighted by molar-refractivity contribution is 5.62. The third kappa shape index (κ3) is 1.82. The molecule has 2 nitrogen and oxygen atoms in total. The van der Waals surface area contributed by atoms with Crippen molar-refractivity contribution in [3.63, 3.8) is 0 Å². The molecule has 0 bridgehead atoms. The first-order chi connectivity index (χ1) is 8.86. The fourth-order valence-electron chi connectivity index (χ4n) is 2.16. The number of aryl methyl sites for hydroxylation is 1. The van der Waals surface area contributed by atoms with Crippen molar-refractivity contribution in [3.05, 3.63) is 72.7 Å². The van der Waals surface area contributed by atoms with Crippen molar-refractivity contribution < 1.29 is 0 Å². The quantitative estimate of drug-likeness (QED) is 0.658. The Labute approximate surface area is 107 Å². The van der Waals surface area contributed by atoms with Crippen LogP contribution in [0.1, 0.15) is 5.82 Å². The van der Waals surface area contributed by atoms with E-state index in [1.165, 1.54) is 5.56 Å². The zero-order valence-corrected chi connectivity index (χ0v) is 10.2. The second-order valence-electron chi connectivity index (χ2n) is 4.23. The lowest BCUT2D eigenvalue weighted by atomic mass is 10.1. The molecular formula is C16H14N2. The SMILES string of the molecule is Cc1ncc(-c2ccccc2)n1-c1ccccc1. The molecule has 88 valence electrons. The van der Waals surface area contributed by atoms with Crippen LogP contribution in [0.4, 0.5) is 0 Å². The van der Waals surface area contributed by atoms with Crippen molar-refractivity contribution in [3.8, 4) is 16.9 Å². The molecule has 0 saturated heterocycles. The number of hydrogen-bond acceptors (Lipinski definition) is 1. The second-order valence-corrected chi connectivity index (χ2v) is 4.23. The Morgan fingerprint density at radius 1 is 0.833 bits per heavy atom. The normalized spacial score (nSPS) is 10.5. The minimum Gasteiger partial charge on any atom is -0.297 e. The number of hydrogen-bond donors (Lipinski definition) is 0. The smallest absolute Gasteiger partial charge is 0.110 e. The highest BCUT2D eigenvalue weighted by Crippen LogP contribution is 2.24. The predicted octanol–water partition coefficient (Wildman–Crippen LogP) is 3.85. The standard InChI is InChI=1S/C16H14N2/c1-13-17-12-16(14-8-4-2-5-9-14)18(13)15-10-6-3-7-11-15/h2-12H,1H3. The van der Waals surface area contributed by atoms with Gasteiger partial charge >= 0.3 is 0 Å². The molecule has 0 aliphatic carbocycles. The van der Waals surface area contributed by atoms with Crippen molar-refractivity contribution in [1.82, 2.24) is 9.55 Å². The predicted molar refractivity (Wildman–Crippen MR) is 73.7 cm³/mol. The summed E-state index contributed by atoms with van der Waals surface area (Å²) < 4.78 is 2.18. The number of nitrogens with zero attached hydrogens (tertiary/aromatic N) is 2. The maximum absolute atomic E-state index is 4.43. The highest BCUT2D eigenvalue weighted by atomic mass is 15.1. The molecule has 1 aromatic heterocycles. The van der Waals surface area contributed by atoms with Gasteiger partial charge in [-0.2, -0.15) is 0 Å². The van der Waals surface area contributed by atoms with Gasteiger partial charge in [0.25, 0.3) is 0 Å². The van der Waals surface area contributed by atoms with Crippen molar-refractivity contribution in [1.29, 1.82) is 0 Å². The molecule has 0 saturated carbocycles. The molecule has 2 aromatic carbocycles. The van der Waals surface area contributed by atoms with E-state index in [0.29, 0.717) is 0 Å². The van der Waals surface area contributed by atoms with E-state index in [1.807, 2.05) is 49.5 Å². The Morgan fingerprint density at radius 2 is 1.44 bits per heavy atom. The van der Waals surface area contributed by atoms with E-state index in [4.69, 9.17) is 0 Å². The molecule has 3 aromatic rings. The monoisotopic (exact) mass is 234 g/mol. The first kappa shape index (κ1) is 10.8. The Morgan fingerprint density at radius 3 is 2.11 bits per heavy atom. The molecule has 1 heterocycles. The summed E-state index contributed by atoms with van der Waals surface area (Å²) in [5.41, 5.74) is 3.45. The third-order valence-electron chi connectivity index (χ3n) is 3.02. The molecule has 0 atom stereocenters. The van der Waals surface area contributed by atoms with E-state index in [1.54, 1.807) is 0 Å². The third-order valence-corrected chi connectivity index (χ3v) is 3.02. The van der Waals surface area contributed by atoms with Crippen LogP contribution in [0, 0.1) is 6.92 Å². The first-order valence-corrected chi connectivity index (χ1v) is 6.01. The Bertz CT molecular complexity index is 639. The lowest BCUT2D eigenvalue weighted by Gasteiger charge is -2.10. The number of rotatable bonds is 2. The average Bonchev–Trinajstić information content (AvgIpc) is 2.83. The van der Waals surface area contributed by atoms with Crippen LogP contribution < -0.4 is 0 Å². The molecule has 0 amide bonds. The van der Waals surface area contributed by atoms with Crippen molar-refractivity contribution in [2.24, 2.45) is 0 Å². The van der Waals surface area contributed by atoms with Gasteiger partial charge in [-0.25, -0.2) is 4.98 Å². The number of para-hydroxylation sites is 1. The Balaban J connectivity index is 2.19. The van der Waals surface area contributed by atoms with Crippen LogP contribution in [0.25, 0.3) is 16.9 Å². The highest BCUT2D eigenvalue weighted by Gasteiger charge is 2.09. The summed E-state index contributed by atoms with van der Waals surface area (Å²) in [5.74, 6) is 1.00. The maximum atomic E-state index is 4.43. The Hall–Kier alpha value is -2.35. The van der Waals surface area contributed by atoms with Gasteiger partial charge < -0.3 is 0 Å². The molecule has 3 rings (SSSR count). The van der Waals surface area contributed by atoms with E-state index in [2.05, 4.69) is 33.8 Å². The lowest BCUT2D eigenvalue weighted by molar-refractivity contribution is 0.980.